The van der Waals surface area contributed by atoms with Crippen LogP contribution in [0.2, 0.25) is 0 Å². The van der Waals surface area contributed by atoms with Gasteiger partial charge in [-0.2, -0.15) is 5.10 Å². The quantitative estimate of drug-likeness (QED) is 0.804. The summed E-state index contributed by atoms with van der Waals surface area (Å²) in [5.41, 5.74) is 8.53. The van der Waals surface area contributed by atoms with Crippen molar-refractivity contribution in [1.82, 2.24) is 5.43 Å². The molecule has 1 atom stereocenters. The van der Waals surface area contributed by atoms with E-state index in [2.05, 4.69) is 43.4 Å². The molecule has 0 radical (unpaired) electrons. The first-order chi connectivity index (χ1) is 10.4. The van der Waals surface area contributed by atoms with Gasteiger partial charge in [0.2, 0.25) is 5.91 Å². The first kappa shape index (κ1) is 20.0. The molecule has 0 fully saturated rings. The number of hydrazone groups is 1. The topological polar surface area (TPSA) is 58.5 Å². The van der Waals surface area contributed by atoms with Crippen LogP contribution in [0.15, 0.2) is 17.2 Å². The van der Waals surface area contributed by atoms with Gasteiger partial charge in [-0.05, 0) is 62.1 Å². The molecule has 1 aliphatic rings. The first-order valence-electron chi connectivity index (χ1n) is 7.75. The van der Waals surface area contributed by atoms with Crippen LogP contribution in [0.25, 0.3) is 0 Å². The van der Waals surface area contributed by atoms with Crippen LogP contribution < -0.4 is 5.43 Å². The Morgan fingerprint density at radius 1 is 1.18 bits per heavy atom. The highest BCUT2D eigenvalue weighted by Crippen LogP contribution is 2.21. The molecule has 1 heterocycles. The summed E-state index contributed by atoms with van der Waals surface area (Å²) in [7, 11) is 0. The second kappa shape index (κ2) is 9.87. The second-order valence-corrected chi connectivity index (χ2v) is 5.11. The number of benzene rings is 1. The number of rotatable bonds is 1. The SMILES string of the molecule is CC.CC=O.Cc1cc(C2=NNC(=O)CC2C)cc(C)c1C. The lowest BCUT2D eigenvalue weighted by molar-refractivity contribution is -0.121. The molecule has 22 heavy (non-hydrogen) atoms. The fourth-order valence-corrected chi connectivity index (χ4v) is 2.19. The number of nitrogens with zero attached hydrogens (tertiary/aromatic N) is 1. The summed E-state index contributed by atoms with van der Waals surface area (Å²) in [6.07, 6.45) is 1.27. The van der Waals surface area contributed by atoms with Crippen LogP contribution in [0.4, 0.5) is 0 Å². The molecule has 1 unspecified atom stereocenters. The van der Waals surface area contributed by atoms with Crippen molar-refractivity contribution >= 4 is 17.9 Å². The largest absolute Gasteiger partial charge is 0.304 e. The van der Waals surface area contributed by atoms with E-state index in [1.165, 1.54) is 23.6 Å². The van der Waals surface area contributed by atoms with Crippen molar-refractivity contribution in [2.24, 2.45) is 11.0 Å². The molecular formula is C18H28N2O2. The molecule has 0 aromatic heterocycles. The zero-order valence-corrected chi connectivity index (χ0v) is 14.8. The molecule has 0 saturated heterocycles. The van der Waals surface area contributed by atoms with E-state index in [0.29, 0.717) is 6.42 Å². The maximum absolute atomic E-state index is 11.2. The van der Waals surface area contributed by atoms with E-state index >= 15 is 0 Å². The maximum Gasteiger partial charge on any atom is 0.240 e. The van der Waals surface area contributed by atoms with Crippen LogP contribution in [0.1, 0.15) is 56.4 Å². The Labute approximate surface area is 134 Å². The molecule has 1 aromatic carbocycles. The molecule has 1 amide bonds. The van der Waals surface area contributed by atoms with Gasteiger partial charge in [-0.15, -0.1) is 0 Å². The van der Waals surface area contributed by atoms with Crippen molar-refractivity contribution in [3.05, 3.63) is 34.4 Å². The Kier molecular flexibility index (Phi) is 8.99. The van der Waals surface area contributed by atoms with Crippen LogP contribution in [0.3, 0.4) is 0 Å². The minimum absolute atomic E-state index is 0.00167. The third-order valence-corrected chi connectivity index (χ3v) is 3.48. The summed E-state index contributed by atoms with van der Waals surface area (Å²) in [6, 6.07) is 4.30. The lowest BCUT2D eigenvalue weighted by atomic mass is 9.90. The molecule has 0 bridgehead atoms. The third kappa shape index (κ3) is 5.43. The minimum atomic E-state index is 0.00167. The normalized spacial score (nSPS) is 16.2. The monoisotopic (exact) mass is 304 g/mol. The lowest BCUT2D eigenvalue weighted by Crippen LogP contribution is -2.32. The van der Waals surface area contributed by atoms with Gasteiger partial charge < -0.3 is 4.79 Å². The number of hydrogen-bond acceptors (Lipinski definition) is 3. The predicted octanol–water partition coefficient (Wildman–Crippen LogP) is 3.70. The van der Waals surface area contributed by atoms with Crippen molar-refractivity contribution in [2.75, 3.05) is 0 Å². The van der Waals surface area contributed by atoms with E-state index in [9.17, 15) is 4.79 Å². The van der Waals surface area contributed by atoms with Crippen LogP contribution >= 0.6 is 0 Å². The van der Waals surface area contributed by atoms with Crippen LogP contribution in [-0.2, 0) is 9.59 Å². The van der Waals surface area contributed by atoms with Crippen molar-refractivity contribution in [1.29, 1.82) is 0 Å². The second-order valence-electron chi connectivity index (χ2n) is 5.11. The zero-order valence-electron chi connectivity index (χ0n) is 14.8. The molecular weight excluding hydrogens is 276 g/mol. The van der Waals surface area contributed by atoms with Crippen LogP contribution in [-0.4, -0.2) is 17.9 Å². The molecule has 4 heteroatoms. The van der Waals surface area contributed by atoms with Gasteiger partial charge in [-0.25, -0.2) is 5.43 Å². The zero-order chi connectivity index (χ0) is 17.3. The number of amides is 1. The van der Waals surface area contributed by atoms with E-state index in [1.54, 1.807) is 0 Å². The molecule has 4 nitrogen and oxygen atoms in total. The van der Waals surface area contributed by atoms with Gasteiger partial charge in [0.05, 0.1) is 5.71 Å². The predicted molar refractivity (Wildman–Crippen MR) is 92.2 cm³/mol. The Hall–Kier alpha value is -1.97. The Bertz CT molecular complexity index is 525. The van der Waals surface area contributed by atoms with Gasteiger partial charge >= 0.3 is 0 Å². The standard InChI is InChI=1S/C14H18N2O.C2H4O.C2H6/c1-8-5-12(6-9(2)11(8)4)14-10(3)7-13(17)15-16-14;1-2-3;1-2/h5-6,10H,7H2,1-4H3,(H,15,17);2H,1H3;1-2H3. The smallest absolute Gasteiger partial charge is 0.240 e. The van der Waals surface area contributed by atoms with Crippen LogP contribution in [0.5, 0.6) is 0 Å². The minimum Gasteiger partial charge on any atom is -0.304 e. The van der Waals surface area contributed by atoms with Crippen molar-refractivity contribution < 1.29 is 9.59 Å². The Morgan fingerprint density at radius 3 is 2.05 bits per heavy atom. The average Bonchev–Trinajstić information content (AvgIpc) is 2.47. The first-order valence-corrected chi connectivity index (χ1v) is 7.75. The Balaban J connectivity index is 0.000000789. The van der Waals surface area contributed by atoms with E-state index < -0.39 is 0 Å². The molecule has 122 valence electrons. The third-order valence-electron chi connectivity index (χ3n) is 3.48. The average molecular weight is 304 g/mol. The van der Waals surface area contributed by atoms with E-state index in [-0.39, 0.29) is 11.8 Å². The fraction of sp³-hybridized carbons (Fsp3) is 0.500. The highest BCUT2D eigenvalue weighted by atomic mass is 16.2. The van der Waals surface area contributed by atoms with Gasteiger partial charge in [0.15, 0.2) is 0 Å². The summed E-state index contributed by atoms with van der Waals surface area (Å²) < 4.78 is 0. The number of carbonyl (C=O) groups excluding carboxylic acids is 2. The highest BCUT2D eigenvalue weighted by molar-refractivity contribution is 6.06. The number of carbonyl (C=O) groups is 2. The molecule has 0 spiro atoms. The molecule has 1 aliphatic heterocycles. The number of nitrogens with one attached hydrogen (secondary N) is 1. The van der Waals surface area contributed by atoms with Crippen molar-refractivity contribution in [2.45, 2.75) is 54.9 Å². The van der Waals surface area contributed by atoms with Gasteiger partial charge in [-0.3, -0.25) is 4.79 Å². The number of aldehydes is 1. The summed E-state index contributed by atoms with van der Waals surface area (Å²) in [5, 5.41) is 4.19. The van der Waals surface area contributed by atoms with Gasteiger partial charge in [0, 0.05) is 12.3 Å². The molecule has 0 aliphatic carbocycles. The maximum atomic E-state index is 11.2. The number of hydrogen-bond donors (Lipinski definition) is 1. The summed E-state index contributed by atoms with van der Waals surface area (Å²) >= 11 is 0. The van der Waals surface area contributed by atoms with Gasteiger partial charge in [-0.1, -0.05) is 20.8 Å². The molecule has 0 saturated carbocycles. The van der Waals surface area contributed by atoms with E-state index in [1.807, 2.05) is 20.8 Å². The van der Waals surface area contributed by atoms with Crippen molar-refractivity contribution in [3.63, 3.8) is 0 Å². The van der Waals surface area contributed by atoms with Crippen molar-refractivity contribution in [3.8, 4) is 0 Å². The summed E-state index contributed by atoms with van der Waals surface area (Å²) in [6.45, 7) is 13.8. The van der Waals surface area contributed by atoms with Crippen LogP contribution in [0, 0.1) is 26.7 Å². The molecule has 1 aromatic rings. The highest BCUT2D eigenvalue weighted by Gasteiger charge is 2.22. The van der Waals surface area contributed by atoms with Gasteiger partial charge in [0.1, 0.15) is 6.29 Å². The summed E-state index contributed by atoms with van der Waals surface area (Å²) in [5.74, 6) is 0.187. The Morgan fingerprint density at radius 2 is 1.64 bits per heavy atom. The fourth-order valence-electron chi connectivity index (χ4n) is 2.19. The molecule has 2 rings (SSSR count). The van der Waals surface area contributed by atoms with E-state index in [4.69, 9.17) is 4.79 Å². The summed E-state index contributed by atoms with van der Waals surface area (Å²) in [4.78, 5) is 20.0. The number of aryl methyl sites for hydroxylation is 2. The van der Waals surface area contributed by atoms with Gasteiger partial charge in [0.25, 0.3) is 0 Å². The van der Waals surface area contributed by atoms with E-state index in [0.717, 1.165) is 17.6 Å². The lowest BCUT2D eigenvalue weighted by Gasteiger charge is -2.20. The molecule has 1 N–H and O–H groups in total.